The molecule has 0 bridgehead atoms. The van der Waals surface area contributed by atoms with Crippen LogP contribution in [-0.2, 0) is 16.0 Å². The first-order chi connectivity index (χ1) is 12.0. The van der Waals surface area contributed by atoms with E-state index in [2.05, 4.69) is 26.6 Å². The van der Waals surface area contributed by atoms with Gasteiger partial charge in [0.25, 0.3) is 0 Å². The Morgan fingerprint density at radius 1 is 1.44 bits per heavy atom. The predicted molar refractivity (Wildman–Crippen MR) is 101 cm³/mol. The molecule has 2 amide bonds. The molecule has 1 atom stereocenters. The molecular formula is C17H22N4O2S2. The maximum atomic E-state index is 12.3. The van der Waals surface area contributed by atoms with Gasteiger partial charge >= 0.3 is 0 Å². The van der Waals surface area contributed by atoms with Crippen LogP contribution in [0.1, 0.15) is 30.1 Å². The first-order valence-electron chi connectivity index (χ1n) is 8.24. The van der Waals surface area contributed by atoms with Crippen LogP contribution in [0, 0.1) is 0 Å². The minimum absolute atomic E-state index is 0.0494. The molecule has 8 heteroatoms. The number of rotatable bonds is 7. The lowest BCUT2D eigenvalue weighted by atomic mass is 10.1. The smallest absolute Gasteiger partial charge is 0.228 e. The van der Waals surface area contributed by atoms with Crippen LogP contribution < -0.4 is 10.2 Å². The van der Waals surface area contributed by atoms with Gasteiger partial charge in [-0.15, -0.1) is 11.3 Å². The monoisotopic (exact) mass is 378 g/mol. The maximum Gasteiger partial charge on any atom is 0.228 e. The van der Waals surface area contributed by atoms with Crippen LogP contribution in [0.15, 0.2) is 22.2 Å². The van der Waals surface area contributed by atoms with Gasteiger partial charge in [0, 0.05) is 24.9 Å². The van der Waals surface area contributed by atoms with Crippen molar-refractivity contribution in [2.45, 2.75) is 25.3 Å². The normalized spacial score (nSPS) is 15.8. The van der Waals surface area contributed by atoms with Crippen molar-refractivity contribution < 1.29 is 9.59 Å². The van der Waals surface area contributed by atoms with Gasteiger partial charge in [0.15, 0.2) is 5.13 Å². The molecule has 0 unspecified atom stereocenters. The van der Waals surface area contributed by atoms with E-state index in [9.17, 15) is 9.59 Å². The van der Waals surface area contributed by atoms with Crippen molar-refractivity contribution in [3.63, 3.8) is 0 Å². The number of anilines is 1. The number of nitrogens with zero attached hydrogens (tertiary/aromatic N) is 3. The average molecular weight is 379 g/mol. The zero-order valence-corrected chi connectivity index (χ0v) is 16.0. The first-order valence-corrected chi connectivity index (χ1v) is 10.1. The number of hydrogen-bond donors (Lipinski definition) is 1. The third-order valence-electron chi connectivity index (χ3n) is 4.23. The number of carbonyl (C=O) groups is 2. The fraction of sp³-hybridized carbons (Fsp3) is 0.471. The fourth-order valence-electron chi connectivity index (χ4n) is 2.85. The Balaban J connectivity index is 1.54. The quantitative estimate of drug-likeness (QED) is 0.803. The molecule has 6 nitrogen and oxygen atoms in total. The van der Waals surface area contributed by atoms with Crippen molar-refractivity contribution in [1.82, 2.24) is 15.2 Å². The standard InChI is InChI=1S/C17H22N4O2S2/c1-20(2)14(12-5-7-24-10-12)9-18-15(22)8-13-11-25-17(19-13)21-6-3-4-16(21)23/h5,7,10-11,14H,3-4,6,8-9H2,1-2H3,(H,18,22)/t14-/m1/s1. The Morgan fingerprint density at radius 3 is 2.92 bits per heavy atom. The molecule has 0 radical (unpaired) electrons. The molecule has 1 fully saturated rings. The SMILES string of the molecule is CN(C)[C@H](CNC(=O)Cc1csc(N2CCCC2=O)n1)c1ccsc1. The number of thiophene rings is 1. The number of amides is 2. The van der Waals surface area contributed by atoms with E-state index >= 15 is 0 Å². The molecule has 3 heterocycles. The van der Waals surface area contributed by atoms with Gasteiger partial charge in [0.05, 0.1) is 18.2 Å². The van der Waals surface area contributed by atoms with Crippen molar-refractivity contribution in [3.05, 3.63) is 33.5 Å². The van der Waals surface area contributed by atoms with Gasteiger partial charge in [-0.05, 0) is 42.9 Å². The molecular weight excluding hydrogens is 356 g/mol. The zero-order valence-electron chi connectivity index (χ0n) is 14.4. The molecule has 0 spiro atoms. The third-order valence-corrected chi connectivity index (χ3v) is 5.84. The molecule has 2 aromatic rings. The third kappa shape index (κ3) is 4.45. The summed E-state index contributed by atoms with van der Waals surface area (Å²) in [7, 11) is 4.02. The Bertz CT molecular complexity index is 727. The van der Waals surface area contributed by atoms with Crippen molar-refractivity contribution >= 4 is 39.6 Å². The number of hydrogen-bond acceptors (Lipinski definition) is 6. The van der Waals surface area contributed by atoms with E-state index in [0.717, 1.165) is 13.0 Å². The highest BCUT2D eigenvalue weighted by Gasteiger charge is 2.24. The second-order valence-electron chi connectivity index (χ2n) is 6.29. The van der Waals surface area contributed by atoms with Crippen LogP contribution in [0.5, 0.6) is 0 Å². The summed E-state index contributed by atoms with van der Waals surface area (Å²) >= 11 is 3.08. The maximum absolute atomic E-state index is 12.3. The summed E-state index contributed by atoms with van der Waals surface area (Å²) in [6.45, 7) is 1.29. The summed E-state index contributed by atoms with van der Waals surface area (Å²) in [4.78, 5) is 32.3. The van der Waals surface area contributed by atoms with Gasteiger partial charge in [0.1, 0.15) is 0 Å². The summed E-state index contributed by atoms with van der Waals surface area (Å²) in [6.07, 6.45) is 1.70. The molecule has 0 aliphatic carbocycles. The van der Waals surface area contributed by atoms with Crippen LogP contribution >= 0.6 is 22.7 Å². The van der Waals surface area contributed by atoms with Gasteiger partial charge in [-0.2, -0.15) is 11.3 Å². The minimum atomic E-state index is -0.0494. The largest absolute Gasteiger partial charge is 0.354 e. The van der Waals surface area contributed by atoms with Crippen LogP contribution in [0.4, 0.5) is 5.13 Å². The Kier molecular flexibility index (Phi) is 5.82. The fourth-order valence-corrected chi connectivity index (χ4v) is 4.43. The Morgan fingerprint density at radius 2 is 2.28 bits per heavy atom. The number of nitrogens with one attached hydrogen (secondary N) is 1. The van der Waals surface area contributed by atoms with Crippen LogP contribution in [0.2, 0.25) is 0 Å². The summed E-state index contributed by atoms with van der Waals surface area (Å²) in [5.41, 5.74) is 1.92. The Hall–Kier alpha value is -1.77. The lowest BCUT2D eigenvalue weighted by Gasteiger charge is -2.23. The summed E-state index contributed by atoms with van der Waals surface area (Å²) in [6, 6.07) is 2.24. The highest BCUT2D eigenvalue weighted by atomic mass is 32.1. The highest BCUT2D eigenvalue weighted by molar-refractivity contribution is 7.14. The van der Waals surface area contributed by atoms with Gasteiger partial charge in [-0.1, -0.05) is 0 Å². The van der Waals surface area contributed by atoms with Gasteiger partial charge in [0.2, 0.25) is 11.8 Å². The van der Waals surface area contributed by atoms with Crippen molar-refractivity contribution in [2.75, 3.05) is 32.1 Å². The zero-order chi connectivity index (χ0) is 17.8. The van der Waals surface area contributed by atoms with Gasteiger partial charge < -0.3 is 10.2 Å². The van der Waals surface area contributed by atoms with E-state index in [-0.39, 0.29) is 24.3 Å². The molecule has 134 valence electrons. The first kappa shape index (κ1) is 18.0. The topological polar surface area (TPSA) is 65.5 Å². The number of likely N-dealkylation sites (N-methyl/N-ethyl adjacent to an activating group) is 1. The molecule has 25 heavy (non-hydrogen) atoms. The summed E-state index contributed by atoms with van der Waals surface area (Å²) < 4.78 is 0. The van der Waals surface area contributed by atoms with E-state index in [1.165, 1.54) is 16.9 Å². The predicted octanol–water partition coefficient (Wildman–Crippen LogP) is 2.29. The highest BCUT2D eigenvalue weighted by Crippen LogP contribution is 2.25. The van der Waals surface area contributed by atoms with E-state index in [4.69, 9.17) is 0 Å². The molecule has 1 N–H and O–H groups in total. The molecule has 1 aliphatic rings. The van der Waals surface area contributed by atoms with E-state index < -0.39 is 0 Å². The van der Waals surface area contributed by atoms with E-state index in [1.807, 2.05) is 24.9 Å². The summed E-state index contributed by atoms with van der Waals surface area (Å²) in [5, 5.41) is 9.72. The lowest BCUT2D eigenvalue weighted by Crippen LogP contribution is -2.35. The van der Waals surface area contributed by atoms with Crippen molar-refractivity contribution in [3.8, 4) is 0 Å². The molecule has 0 saturated carbocycles. The second kappa shape index (κ2) is 8.07. The number of thiazole rings is 1. The molecule has 0 aromatic carbocycles. The lowest BCUT2D eigenvalue weighted by molar-refractivity contribution is -0.120. The Labute approximate surface area is 155 Å². The van der Waals surface area contributed by atoms with Crippen LogP contribution in [0.3, 0.4) is 0 Å². The van der Waals surface area contributed by atoms with E-state index in [0.29, 0.717) is 23.8 Å². The van der Waals surface area contributed by atoms with Gasteiger partial charge in [-0.3, -0.25) is 14.5 Å². The number of aromatic nitrogens is 1. The second-order valence-corrected chi connectivity index (χ2v) is 7.90. The summed E-state index contributed by atoms with van der Waals surface area (Å²) in [5.74, 6) is 0.0709. The molecule has 1 aliphatic heterocycles. The van der Waals surface area contributed by atoms with Crippen LogP contribution in [-0.4, -0.2) is 48.9 Å². The molecule has 2 aromatic heterocycles. The molecule has 1 saturated heterocycles. The van der Waals surface area contributed by atoms with Crippen molar-refractivity contribution in [1.29, 1.82) is 0 Å². The average Bonchev–Trinajstić information content (AvgIpc) is 3.29. The minimum Gasteiger partial charge on any atom is -0.354 e. The van der Waals surface area contributed by atoms with Crippen molar-refractivity contribution in [2.24, 2.45) is 0 Å². The van der Waals surface area contributed by atoms with E-state index in [1.54, 1.807) is 16.2 Å². The van der Waals surface area contributed by atoms with Gasteiger partial charge in [-0.25, -0.2) is 4.98 Å². The molecule has 3 rings (SSSR count). The number of carbonyl (C=O) groups excluding carboxylic acids is 2. The van der Waals surface area contributed by atoms with Crippen LogP contribution in [0.25, 0.3) is 0 Å².